The fraction of sp³-hybridized carbons (Fsp3) is 0.611. The molecular weight excluding hydrogens is 336 g/mol. The van der Waals surface area contributed by atoms with Crippen LogP contribution in [0, 0.1) is 5.92 Å². The van der Waals surface area contributed by atoms with Crippen LogP contribution in [0.15, 0.2) is 4.79 Å². The molecule has 4 rings (SSSR count). The molecule has 0 bridgehead atoms. The van der Waals surface area contributed by atoms with Crippen LogP contribution in [0.4, 0.5) is 0 Å². The van der Waals surface area contributed by atoms with Gasteiger partial charge in [-0.15, -0.1) is 11.3 Å². The van der Waals surface area contributed by atoms with Crippen molar-refractivity contribution in [2.45, 2.75) is 51.5 Å². The van der Waals surface area contributed by atoms with E-state index in [2.05, 4.69) is 16.9 Å². The fourth-order valence-electron chi connectivity index (χ4n) is 3.91. The van der Waals surface area contributed by atoms with Crippen LogP contribution in [0.2, 0.25) is 0 Å². The molecule has 1 aliphatic carbocycles. The summed E-state index contributed by atoms with van der Waals surface area (Å²) in [5.74, 6) is 1.37. The zero-order chi connectivity index (χ0) is 17.6. The summed E-state index contributed by atoms with van der Waals surface area (Å²) in [6.07, 6.45) is 4.84. The minimum Gasteiger partial charge on any atom is -0.341 e. The lowest BCUT2D eigenvalue weighted by Gasteiger charge is -2.17. The molecule has 6 nitrogen and oxygen atoms in total. The standard InChI is InChI=1S/C18H24N4O2S/c1-10-2-3-12-13(8-10)25-18-16(12)17(24)20-14(21-18)4-5-15(23)22-7-6-11(19)9-22/h10-11H,2-9,19H2,1H3,(H,20,21,24)/t10?,11-/m1/s1. The van der Waals surface area contributed by atoms with E-state index in [1.54, 1.807) is 11.3 Å². The van der Waals surface area contributed by atoms with Gasteiger partial charge in [0.15, 0.2) is 0 Å². The molecule has 2 atom stereocenters. The molecule has 3 N–H and O–H groups in total. The van der Waals surface area contributed by atoms with Gasteiger partial charge in [-0.3, -0.25) is 9.59 Å². The Labute approximate surface area is 150 Å². The highest BCUT2D eigenvalue weighted by Crippen LogP contribution is 2.35. The van der Waals surface area contributed by atoms with Crippen LogP contribution in [0.5, 0.6) is 0 Å². The van der Waals surface area contributed by atoms with Gasteiger partial charge >= 0.3 is 0 Å². The Hall–Kier alpha value is -1.73. The number of nitrogens with one attached hydrogen (secondary N) is 1. The van der Waals surface area contributed by atoms with E-state index in [4.69, 9.17) is 5.73 Å². The van der Waals surface area contributed by atoms with Crippen molar-refractivity contribution in [2.24, 2.45) is 11.7 Å². The third-order valence-corrected chi connectivity index (χ3v) is 6.52. The number of likely N-dealkylation sites (tertiary alicyclic amines) is 1. The lowest BCUT2D eigenvalue weighted by molar-refractivity contribution is -0.130. The first-order valence-corrected chi connectivity index (χ1v) is 9.89. The fourth-order valence-corrected chi connectivity index (χ4v) is 5.31. The molecule has 1 fully saturated rings. The number of thiophene rings is 1. The number of carbonyl (C=O) groups excluding carboxylic acids is 1. The van der Waals surface area contributed by atoms with Gasteiger partial charge in [0.25, 0.3) is 5.56 Å². The number of hydrogen-bond donors (Lipinski definition) is 2. The predicted octanol–water partition coefficient (Wildman–Crippen LogP) is 1.60. The van der Waals surface area contributed by atoms with Crippen molar-refractivity contribution < 1.29 is 4.79 Å². The third-order valence-electron chi connectivity index (χ3n) is 5.37. The zero-order valence-corrected chi connectivity index (χ0v) is 15.3. The van der Waals surface area contributed by atoms with Gasteiger partial charge in [0.1, 0.15) is 10.7 Å². The molecule has 2 aliphatic rings. The monoisotopic (exact) mass is 360 g/mol. The molecule has 1 amide bonds. The Morgan fingerprint density at radius 1 is 1.44 bits per heavy atom. The van der Waals surface area contributed by atoms with Crippen LogP contribution >= 0.6 is 11.3 Å². The summed E-state index contributed by atoms with van der Waals surface area (Å²) in [6, 6.07) is 0.0954. The van der Waals surface area contributed by atoms with Gasteiger partial charge in [-0.05, 0) is 37.2 Å². The van der Waals surface area contributed by atoms with E-state index in [-0.39, 0.29) is 17.5 Å². The van der Waals surface area contributed by atoms with E-state index in [9.17, 15) is 9.59 Å². The van der Waals surface area contributed by atoms with Crippen LogP contribution in [0.25, 0.3) is 10.2 Å². The highest BCUT2D eigenvalue weighted by Gasteiger charge is 2.25. The summed E-state index contributed by atoms with van der Waals surface area (Å²) in [4.78, 5) is 36.3. The van der Waals surface area contributed by atoms with Gasteiger partial charge in [0, 0.05) is 36.9 Å². The highest BCUT2D eigenvalue weighted by molar-refractivity contribution is 7.18. The second-order valence-corrected chi connectivity index (χ2v) is 8.52. The summed E-state index contributed by atoms with van der Waals surface area (Å²) in [6.45, 7) is 3.63. The number of nitrogens with zero attached hydrogens (tertiary/aromatic N) is 2. The van der Waals surface area contributed by atoms with Crippen LogP contribution in [0.1, 0.15) is 42.5 Å². The molecule has 2 aromatic rings. The minimum absolute atomic E-state index is 0.0531. The van der Waals surface area contributed by atoms with Crippen LogP contribution in [-0.4, -0.2) is 39.9 Å². The summed E-state index contributed by atoms with van der Waals surface area (Å²) in [7, 11) is 0. The largest absolute Gasteiger partial charge is 0.341 e. The lowest BCUT2D eigenvalue weighted by atomic mass is 9.89. The van der Waals surface area contributed by atoms with Gasteiger partial charge in [-0.1, -0.05) is 6.92 Å². The molecule has 134 valence electrons. The van der Waals surface area contributed by atoms with Crippen molar-refractivity contribution in [1.29, 1.82) is 0 Å². The third kappa shape index (κ3) is 3.22. The SMILES string of the molecule is CC1CCc2c(sc3nc(CCC(=O)N4CC[C@@H](N)C4)[nH]c(=O)c23)C1. The Bertz CT molecular complexity index is 872. The predicted molar refractivity (Wildman–Crippen MR) is 98.9 cm³/mol. The van der Waals surface area contributed by atoms with Crippen molar-refractivity contribution in [3.63, 3.8) is 0 Å². The number of nitrogens with two attached hydrogens (primary N) is 1. The smallest absolute Gasteiger partial charge is 0.259 e. The van der Waals surface area contributed by atoms with Crippen molar-refractivity contribution >= 4 is 27.5 Å². The summed E-state index contributed by atoms with van der Waals surface area (Å²) in [5.41, 5.74) is 7.00. The van der Waals surface area contributed by atoms with E-state index >= 15 is 0 Å². The Balaban J connectivity index is 1.53. The molecule has 0 saturated carbocycles. The van der Waals surface area contributed by atoms with Crippen molar-refractivity contribution in [3.8, 4) is 0 Å². The van der Waals surface area contributed by atoms with Crippen molar-refractivity contribution in [3.05, 3.63) is 26.6 Å². The number of fused-ring (bicyclic) bond motifs is 3. The highest BCUT2D eigenvalue weighted by atomic mass is 32.1. The van der Waals surface area contributed by atoms with Crippen LogP contribution < -0.4 is 11.3 Å². The average Bonchev–Trinajstić information content (AvgIpc) is 3.15. The topological polar surface area (TPSA) is 92.1 Å². The summed E-state index contributed by atoms with van der Waals surface area (Å²) in [5, 5.41) is 0.771. The first-order chi connectivity index (χ1) is 12.0. The molecule has 1 unspecified atom stereocenters. The number of amides is 1. The second-order valence-electron chi connectivity index (χ2n) is 7.43. The van der Waals surface area contributed by atoms with Crippen LogP contribution in [-0.2, 0) is 24.1 Å². The van der Waals surface area contributed by atoms with Crippen molar-refractivity contribution in [1.82, 2.24) is 14.9 Å². The van der Waals surface area contributed by atoms with Gasteiger partial charge in [-0.25, -0.2) is 4.98 Å². The van der Waals surface area contributed by atoms with E-state index in [0.29, 0.717) is 31.1 Å². The van der Waals surface area contributed by atoms with E-state index in [0.717, 1.165) is 42.4 Å². The number of carbonyl (C=O) groups is 1. The van der Waals surface area contributed by atoms with Crippen LogP contribution in [0.3, 0.4) is 0 Å². The second kappa shape index (κ2) is 6.53. The lowest BCUT2D eigenvalue weighted by Crippen LogP contribution is -2.32. The molecule has 3 heterocycles. The molecule has 1 saturated heterocycles. The van der Waals surface area contributed by atoms with Gasteiger partial charge in [0.2, 0.25) is 5.91 Å². The number of aromatic nitrogens is 2. The maximum atomic E-state index is 12.6. The molecular formula is C18H24N4O2S. The number of rotatable bonds is 3. The first kappa shape index (κ1) is 16.7. The minimum atomic E-state index is -0.0531. The number of H-pyrrole nitrogens is 1. The van der Waals surface area contributed by atoms with E-state index in [1.807, 2.05) is 4.90 Å². The Kier molecular flexibility index (Phi) is 4.37. The Morgan fingerprint density at radius 3 is 3.04 bits per heavy atom. The summed E-state index contributed by atoms with van der Waals surface area (Å²) >= 11 is 1.65. The molecule has 2 aromatic heterocycles. The average molecular weight is 360 g/mol. The Morgan fingerprint density at radius 2 is 2.28 bits per heavy atom. The number of aromatic amines is 1. The van der Waals surface area contributed by atoms with E-state index in [1.165, 1.54) is 10.4 Å². The van der Waals surface area contributed by atoms with Crippen molar-refractivity contribution in [2.75, 3.05) is 13.1 Å². The van der Waals surface area contributed by atoms with Gasteiger partial charge in [0.05, 0.1) is 5.39 Å². The number of hydrogen-bond acceptors (Lipinski definition) is 5. The normalized spacial score (nSPS) is 23.2. The molecule has 0 radical (unpaired) electrons. The number of aryl methyl sites for hydroxylation is 2. The maximum Gasteiger partial charge on any atom is 0.259 e. The quantitative estimate of drug-likeness (QED) is 0.870. The molecule has 7 heteroatoms. The van der Waals surface area contributed by atoms with Gasteiger partial charge in [-0.2, -0.15) is 0 Å². The molecule has 1 aliphatic heterocycles. The molecule has 25 heavy (non-hydrogen) atoms. The maximum absolute atomic E-state index is 12.6. The first-order valence-electron chi connectivity index (χ1n) is 9.08. The summed E-state index contributed by atoms with van der Waals surface area (Å²) < 4.78 is 0. The van der Waals surface area contributed by atoms with E-state index < -0.39 is 0 Å². The molecule has 0 spiro atoms. The molecule has 0 aromatic carbocycles. The zero-order valence-electron chi connectivity index (χ0n) is 14.5. The van der Waals surface area contributed by atoms with Gasteiger partial charge < -0.3 is 15.6 Å².